The summed E-state index contributed by atoms with van der Waals surface area (Å²) in [5.74, 6) is 1.14. The largest absolute Gasteiger partial charge is 0.497 e. The Morgan fingerprint density at radius 1 is 1.00 bits per heavy atom. The van der Waals surface area contributed by atoms with E-state index in [-0.39, 0.29) is 5.78 Å². The van der Waals surface area contributed by atoms with Gasteiger partial charge in [0.25, 0.3) is 0 Å². The number of nitrogens with one attached hydrogen (secondary N) is 2. The molecule has 5 nitrogen and oxygen atoms in total. The molecule has 2 aromatic carbocycles. The van der Waals surface area contributed by atoms with Crippen LogP contribution in [0.5, 0.6) is 5.75 Å². The predicted octanol–water partition coefficient (Wildman–Crippen LogP) is 3.04. The average Bonchev–Trinajstić information content (AvgIpc) is 2.89. The van der Waals surface area contributed by atoms with Crippen molar-refractivity contribution in [3.05, 3.63) is 65.7 Å². The van der Waals surface area contributed by atoms with Crippen LogP contribution in [0.1, 0.15) is 11.7 Å². The molecule has 2 aromatic rings. The number of ketones is 1. The van der Waals surface area contributed by atoms with E-state index in [0.717, 1.165) is 22.7 Å². The summed E-state index contributed by atoms with van der Waals surface area (Å²) in [5.41, 5.74) is 3.03. The summed E-state index contributed by atoms with van der Waals surface area (Å²) in [6, 6.07) is 15.0. The number of hydrogen-bond acceptors (Lipinski definition) is 5. The number of anilines is 2. The number of carbonyl (C=O) groups excluding carboxylic acids is 1. The molecule has 0 spiro atoms. The van der Waals surface area contributed by atoms with E-state index >= 15 is 0 Å². The van der Waals surface area contributed by atoms with Crippen LogP contribution in [-0.4, -0.2) is 12.9 Å². The molecule has 0 saturated heterocycles. The molecule has 0 unspecified atom stereocenters. The molecule has 0 radical (unpaired) electrons. The van der Waals surface area contributed by atoms with Gasteiger partial charge >= 0.3 is 0 Å². The minimum atomic E-state index is -0.634. The van der Waals surface area contributed by atoms with Gasteiger partial charge in [-0.1, -0.05) is 24.3 Å². The number of carbonyl (C=O) groups is 1. The molecular weight excluding hydrogens is 280 g/mol. The summed E-state index contributed by atoms with van der Waals surface area (Å²) in [4.78, 5) is 12.6. The number of fused-ring (bicyclic) bond motifs is 1. The fraction of sp³-hybridized carbons (Fsp3) is 0.118. The van der Waals surface area contributed by atoms with Crippen LogP contribution in [0.15, 0.2) is 60.1 Å². The quantitative estimate of drug-likeness (QED) is 0.891. The van der Waals surface area contributed by atoms with Crippen molar-refractivity contribution in [3.63, 3.8) is 0 Å². The number of para-hydroxylation sites is 2. The standard InChI is InChI=1S/C17H14N2O3/c1-21-11-8-6-10(7-9-11)16-15(20)14-17(22-16)19-13-5-3-2-4-12(13)18-14/h2-9,16,18-19H,1H3/t16-/m1/s1. The van der Waals surface area contributed by atoms with Gasteiger partial charge < -0.3 is 20.1 Å². The second kappa shape index (κ2) is 4.80. The fourth-order valence-electron chi connectivity index (χ4n) is 2.64. The van der Waals surface area contributed by atoms with Crippen molar-refractivity contribution in [2.75, 3.05) is 17.7 Å². The number of hydrogen-bond donors (Lipinski definition) is 2. The van der Waals surface area contributed by atoms with E-state index in [9.17, 15) is 4.79 Å². The van der Waals surface area contributed by atoms with E-state index in [1.165, 1.54) is 0 Å². The molecule has 4 rings (SSSR count). The Morgan fingerprint density at radius 2 is 1.68 bits per heavy atom. The first kappa shape index (κ1) is 12.8. The third-order valence-electron chi connectivity index (χ3n) is 3.80. The van der Waals surface area contributed by atoms with Crippen molar-refractivity contribution >= 4 is 17.2 Å². The van der Waals surface area contributed by atoms with E-state index in [2.05, 4.69) is 10.6 Å². The van der Waals surface area contributed by atoms with E-state index in [1.807, 2.05) is 48.5 Å². The molecule has 5 heteroatoms. The molecule has 0 aliphatic carbocycles. The van der Waals surface area contributed by atoms with Crippen molar-refractivity contribution in [1.29, 1.82) is 0 Å². The maximum atomic E-state index is 12.6. The van der Waals surface area contributed by atoms with Crippen LogP contribution in [0, 0.1) is 0 Å². The lowest BCUT2D eigenvalue weighted by atomic mass is 10.0. The number of rotatable bonds is 2. The molecule has 22 heavy (non-hydrogen) atoms. The smallest absolute Gasteiger partial charge is 0.229 e. The second-order valence-electron chi connectivity index (χ2n) is 5.14. The van der Waals surface area contributed by atoms with Gasteiger partial charge in [-0.05, 0) is 24.3 Å². The summed E-state index contributed by atoms with van der Waals surface area (Å²) in [5, 5.41) is 6.31. The number of methoxy groups -OCH3 is 1. The average molecular weight is 294 g/mol. The lowest BCUT2D eigenvalue weighted by Crippen LogP contribution is -2.17. The molecule has 2 heterocycles. The van der Waals surface area contributed by atoms with Crippen molar-refractivity contribution in [1.82, 2.24) is 0 Å². The van der Waals surface area contributed by atoms with E-state index in [4.69, 9.17) is 9.47 Å². The highest BCUT2D eigenvalue weighted by molar-refractivity contribution is 6.06. The fourth-order valence-corrected chi connectivity index (χ4v) is 2.64. The molecule has 0 aromatic heterocycles. The third-order valence-corrected chi connectivity index (χ3v) is 3.80. The lowest BCUT2D eigenvalue weighted by molar-refractivity contribution is -0.121. The van der Waals surface area contributed by atoms with E-state index in [0.29, 0.717) is 11.6 Å². The Morgan fingerprint density at radius 3 is 2.36 bits per heavy atom. The number of ether oxygens (including phenoxy) is 2. The zero-order chi connectivity index (χ0) is 15.1. The van der Waals surface area contributed by atoms with Gasteiger partial charge in [-0.25, -0.2) is 0 Å². The van der Waals surface area contributed by atoms with Crippen LogP contribution in [0.25, 0.3) is 0 Å². The van der Waals surface area contributed by atoms with Gasteiger partial charge in [0.15, 0.2) is 6.10 Å². The van der Waals surface area contributed by atoms with Crippen LogP contribution in [0.2, 0.25) is 0 Å². The zero-order valence-corrected chi connectivity index (χ0v) is 11.9. The maximum Gasteiger partial charge on any atom is 0.229 e. The summed E-state index contributed by atoms with van der Waals surface area (Å²) < 4.78 is 10.9. The highest BCUT2D eigenvalue weighted by Crippen LogP contribution is 2.39. The van der Waals surface area contributed by atoms with Gasteiger partial charge in [-0.15, -0.1) is 0 Å². The van der Waals surface area contributed by atoms with Crippen molar-refractivity contribution in [2.24, 2.45) is 0 Å². The molecule has 1 atom stereocenters. The van der Waals surface area contributed by atoms with Crippen LogP contribution >= 0.6 is 0 Å². The summed E-state index contributed by atoms with van der Waals surface area (Å²) in [7, 11) is 1.61. The van der Waals surface area contributed by atoms with Crippen molar-refractivity contribution < 1.29 is 14.3 Å². The first-order valence-electron chi connectivity index (χ1n) is 6.98. The van der Waals surface area contributed by atoms with Crippen LogP contribution in [0.4, 0.5) is 11.4 Å². The van der Waals surface area contributed by atoms with E-state index in [1.54, 1.807) is 7.11 Å². The molecule has 0 amide bonds. The molecule has 2 aliphatic rings. The van der Waals surface area contributed by atoms with Crippen LogP contribution in [0.3, 0.4) is 0 Å². The lowest BCUT2D eigenvalue weighted by Gasteiger charge is -2.19. The monoisotopic (exact) mass is 294 g/mol. The normalized spacial score (nSPS) is 18.8. The van der Waals surface area contributed by atoms with Crippen molar-refractivity contribution in [2.45, 2.75) is 6.10 Å². The van der Waals surface area contributed by atoms with Gasteiger partial charge in [-0.3, -0.25) is 4.79 Å². The second-order valence-corrected chi connectivity index (χ2v) is 5.14. The Balaban J connectivity index is 1.62. The molecule has 0 bridgehead atoms. The predicted molar refractivity (Wildman–Crippen MR) is 82.5 cm³/mol. The zero-order valence-electron chi connectivity index (χ0n) is 11.9. The Labute approximate surface area is 127 Å². The SMILES string of the molecule is COc1ccc([C@H]2OC3=C(Nc4ccccc4N3)C2=O)cc1. The van der Waals surface area contributed by atoms with Gasteiger partial charge in [0.05, 0.1) is 18.5 Å². The van der Waals surface area contributed by atoms with E-state index < -0.39 is 6.10 Å². The van der Waals surface area contributed by atoms with Crippen molar-refractivity contribution in [3.8, 4) is 5.75 Å². The maximum absolute atomic E-state index is 12.6. The molecule has 110 valence electrons. The molecule has 0 fully saturated rings. The number of benzene rings is 2. The minimum Gasteiger partial charge on any atom is -0.497 e. The molecule has 0 saturated carbocycles. The highest BCUT2D eigenvalue weighted by Gasteiger charge is 2.39. The Kier molecular flexibility index (Phi) is 2.79. The first-order chi connectivity index (χ1) is 10.8. The molecule has 2 N–H and O–H groups in total. The Hall–Kier alpha value is -2.95. The minimum absolute atomic E-state index is 0.0813. The molecular formula is C17H14N2O3. The summed E-state index contributed by atoms with van der Waals surface area (Å²) >= 11 is 0. The topological polar surface area (TPSA) is 59.6 Å². The summed E-state index contributed by atoms with van der Waals surface area (Å²) in [6.45, 7) is 0. The van der Waals surface area contributed by atoms with Gasteiger partial charge in [0.2, 0.25) is 11.7 Å². The van der Waals surface area contributed by atoms with Crippen LogP contribution < -0.4 is 15.4 Å². The van der Waals surface area contributed by atoms with Gasteiger partial charge in [0.1, 0.15) is 11.4 Å². The summed E-state index contributed by atoms with van der Waals surface area (Å²) in [6.07, 6.45) is -0.634. The third kappa shape index (κ3) is 1.90. The Bertz CT molecular complexity index is 781. The van der Waals surface area contributed by atoms with Gasteiger partial charge in [-0.2, -0.15) is 0 Å². The van der Waals surface area contributed by atoms with Gasteiger partial charge in [0, 0.05) is 5.56 Å². The number of Topliss-reactive ketones (excluding diaryl/α,β-unsaturated/α-hetero) is 1. The first-order valence-corrected chi connectivity index (χ1v) is 6.98. The van der Waals surface area contributed by atoms with Crippen LogP contribution in [-0.2, 0) is 9.53 Å². The molecule has 2 aliphatic heterocycles. The highest BCUT2D eigenvalue weighted by atomic mass is 16.5.